The van der Waals surface area contributed by atoms with Crippen LogP contribution in [0.1, 0.15) is 36.3 Å². The van der Waals surface area contributed by atoms with Gasteiger partial charge in [0.25, 0.3) is 0 Å². The van der Waals surface area contributed by atoms with Crippen LogP contribution in [0.3, 0.4) is 0 Å². The third-order valence-corrected chi connectivity index (χ3v) is 5.47. The number of nitrogens with one attached hydrogen (secondary N) is 2. The minimum absolute atomic E-state index is 0.0798. The number of sulfonamides is 1. The Bertz CT molecular complexity index is 607. The molecule has 1 aromatic carbocycles. The number of amides is 1. The van der Waals surface area contributed by atoms with E-state index >= 15 is 0 Å². The normalized spacial score (nSPS) is 16.3. The predicted molar refractivity (Wildman–Crippen MR) is 87.1 cm³/mol. The van der Waals surface area contributed by atoms with Crippen LogP contribution in [-0.4, -0.2) is 33.7 Å². The van der Waals surface area contributed by atoms with Crippen LogP contribution in [0.5, 0.6) is 0 Å². The summed E-state index contributed by atoms with van der Waals surface area (Å²) in [6.07, 6.45) is 2.76. The summed E-state index contributed by atoms with van der Waals surface area (Å²) in [7, 11) is -1.90. The van der Waals surface area contributed by atoms with Gasteiger partial charge in [0.2, 0.25) is 15.9 Å². The summed E-state index contributed by atoms with van der Waals surface area (Å²) >= 11 is 0. The van der Waals surface area contributed by atoms with Gasteiger partial charge in [-0.25, -0.2) is 13.1 Å². The maximum atomic E-state index is 12.1. The van der Waals surface area contributed by atoms with E-state index in [0.29, 0.717) is 12.3 Å². The first-order chi connectivity index (χ1) is 10.4. The molecule has 0 spiro atoms. The van der Waals surface area contributed by atoms with E-state index in [1.165, 1.54) is 31.0 Å². The van der Waals surface area contributed by atoms with Crippen molar-refractivity contribution in [3.8, 4) is 0 Å². The summed E-state index contributed by atoms with van der Waals surface area (Å²) in [5.74, 6) is 0.646. The van der Waals surface area contributed by atoms with Crippen molar-refractivity contribution in [1.29, 1.82) is 0 Å². The van der Waals surface area contributed by atoms with Crippen LogP contribution >= 0.6 is 0 Å². The molecule has 1 fully saturated rings. The number of rotatable bonds is 8. The van der Waals surface area contributed by atoms with E-state index in [2.05, 4.69) is 34.3 Å². The number of carbonyl (C=O) groups is 1. The van der Waals surface area contributed by atoms with Crippen molar-refractivity contribution in [1.82, 2.24) is 10.0 Å². The molecule has 0 aromatic heterocycles. The van der Waals surface area contributed by atoms with Crippen LogP contribution in [0.15, 0.2) is 24.3 Å². The molecule has 1 amide bonds. The lowest BCUT2D eigenvalue weighted by atomic mass is 9.90. The molecular formula is C16H24N2O3S. The highest BCUT2D eigenvalue weighted by atomic mass is 32.2. The fraction of sp³-hybridized carbons (Fsp3) is 0.562. The van der Waals surface area contributed by atoms with E-state index in [4.69, 9.17) is 0 Å². The zero-order chi connectivity index (χ0) is 16.2. The molecule has 5 nitrogen and oxygen atoms in total. The van der Waals surface area contributed by atoms with Gasteiger partial charge in [-0.2, -0.15) is 0 Å². The highest BCUT2D eigenvalue weighted by molar-refractivity contribution is 7.89. The first kappa shape index (κ1) is 17.0. The van der Waals surface area contributed by atoms with Crippen molar-refractivity contribution in [2.45, 2.75) is 32.1 Å². The van der Waals surface area contributed by atoms with Gasteiger partial charge in [-0.15, -0.1) is 0 Å². The van der Waals surface area contributed by atoms with E-state index < -0.39 is 10.0 Å². The summed E-state index contributed by atoms with van der Waals surface area (Å²) in [6.45, 7) is 2.19. The van der Waals surface area contributed by atoms with Gasteiger partial charge in [0, 0.05) is 13.0 Å². The molecular weight excluding hydrogens is 300 g/mol. The van der Waals surface area contributed by atoms with Gasteiger partial charge in [-0.3, -0.25) is 4.79 Å². The second-order valence-corrected chi connectivity index (χ2v) is 7.98. The quantitative estimate of drug-likeness (QED) is 0.762. The lowest BCUT2D eigenvalue weighted by Crippen LogP contribution is -2.33. The van der Waals surface area contributed by atoms with Crippen LogP contribution in [0.25, 0.3) is 0 Å². The number of hydrogen-bond donors (Lipinski definition) is 2. The van der Waals surface area contributed by atoms with Crippen molar-refractivity contribution in [3.05, 3.63) is 35.4 Å². The largest absolute Gasteiger partial charge is 0.355 e. The molecule has 1 atom stereocenters. The van der Waals surface area contributed by atoms with E-state index in [1.54, 1.807) is 0 Å². The fourth-order valence-electron chi connectivity index (χ4n) is 2.57. The van der Waals surface area contributed by atoms with Gasteiger partial charge >= 0.3 is 0 Å². The molecule has 1 unspecified atom stereocenters. The lowest BCUT2D eigenvalue weighted by molar-refractivity contribution is -0.121. The van der Waals surface area contributed by atoms with Gasteiger partial charge in [-0.1, -0.05) is 29.8 Å². The first-order valence-electron chi connectivity index (χ1n) is 7.66. The van der Waals surface area contributed by atoms with Gasteiger partial charge in [0.1, 0.15) is 0 Å². The minimum atomic E-state index is -3.27. The standard InChI is InChI=1S/C16H24N2O3S/c1-12-3-5-13(6-4-12)15(14-7-8-14)11-16(19)18-9-10-22(20,21)17-2/h3-6,14-15,17H,7-11H2,1-2H3,(H,18,19). The number of hydrogen-bond acceptors (Lipinski definition) is 3. The van der Waals surface area contributed by atoms with Crippen LogP contribution in [0, 0.1) is 12.8 Å². The Balaban J connectivity index is 1.88. The van der Waals surface area contributed by atoms with E-state index in [1.807, 2.05) is 6.92 Å². The third-order valence-electron chi connectivity index (χ3n) is 4.11. The minimum Gasteiger partial charge on any atom is -0.355 e. The maximum Gasteiger partial charge on any atom is 0.220 e. The van der Waals surface area contributed by atoms with Crippen LogP contribution in [-0.2, 0) is 14.8 Å². The van der Waals surface area contributed by atoms with E-state index in [9.17, 15) is 13.2 Å². The van der Waals surface area contributed by atoms with Crippen molar-refractivity contribution in [3.63, 3.8) is 0 Å². The zero-order valence-electron chi connectivity index (χ0n) is 13.1. The monoisotopic (exact) mass is 324 g/mol. The average Bonchev–Trinajstić information content (AvgIpc) is 3.30. The summed E-state index contributed by atoms with van der Waals surface area (Å²) in [4.78, 5) is 12.1. The van der Waals surface area contributed by atoms with Gasteiger partial charge in [-0.05, 0) is 44.2 Å². The average molecular weight is 324 g/mol. The number of carbonyl (C=O) groups excluding carboxylic acids is 1. The molecule has 2 rings (SSSR count). The topological polar surface area (TPSA) is 75.3 Å². The first-order valence-corrected chi connectivity index (χ1v) is 9.31. The number of aryl methyl sites for hydroxylation is 1. The second-order valence-electron chi connectivity index (χ2n) is 5.93. The molecule has 1 aromatic rings. The second kappa shape index (κ2) is 7.24. The van der Waals surface area contributed by atoms with Gasteiger partial charge < -0.3 is 5.32 Å². The highest BCUT2D eigenvalue weighted by Crippen LogP contribution is 2.44. The molecule has 0 radical (unpaired) electrons. The molecule has 22 heavy (non-hydrogen) atoms. The Kier molecular flexibility index (Phi) is 5.58. The van der Waals surface area contributed by atoms with Gasteiger partial charge in [0.15, 0.2) is 0 Å². The highest BCUT2D eigenvalue weighted by Gasteiger charge is 2.33. The molecule has 2 N–H and O–H groups in total. The molecule has 1 saturated carbocycles. The molecule has 0 aliphatic heterocycles. The van der Waals surface area contributed by atoms with E-state index in [0.717, 1.165) is 0 Å². The smallest absolute Gasteiger partial charge is 0.220 e. The van der Waals surface area contributed by atoms with E-state index in [-0.39, 0.29) is 24.1 Å². The molecule has 0 heterocycles. The maximum absolute atomic E-state index is 12.1. The molecule has 0 bridgehead atoms. The Morgan fingerprint density at radius 1 is 1.27 bits per heavy atom. The molecule has 1 aliphatic rings. The van der Waals surface area contributed by atoms with Crippen molar-refractivity contribution < 1.29 is 13.2 Å². The molecule has 1 aliphatic carbocycles. The summed E-state index contributed by atoms with van der Waals surface area (Å²) in [6, 6.07) is 8.33. The molecule has 122 valence electrons. The predicted octanol–water partition coefficient (Wildman–Crippen LogP) is 1.54. The fourth-order valence-corrected chi connectivity index (χ4v) is 3.14. The van der Waals surface area contributed by atoms with Gasteiger partial charge in [0.05, 0.1) is 5.75 Å². The van der Waals surface area contributed by atoms with Crippen LogP contribution in [0.4, 0.5) is 0 Å². The van der Waals surface area contributed by atoms with Crippen LogP contribution in [0.2, 0.25) is 0 Å². The number of benzene rings is 1. The zero-order valence-corrected chi connectivity index (χ0v) is 13.9. The van der Waals surface area contributed by atoms with Crippen LogP contribution < -0.4 is 10.0 Å². The third kappa shape index (κ3) is 5.10. The van der Waals surface area contributed by atoms with Crippen molar-refractivity contribution in [2.75, 3.05) is 19.3 Å². The lowest BCUT2D eigenvalue weighted by Gasteiger charge is -2.17. The summed E-state index contributed by atoms with van der Waals surface area (Å²) < 4.78 is 24.9. The Morgan fingerprint density at radius 3 is 2.45 bits per heavy atom. The Morgan fingerprint density at radius 2 is 1.91 bits per heavy atom. The Labute approximate surface area is 132 Å². The van der Waals surface area contributed by atoms with Crippen molar-refractivity contribution >= 4 is 15.9 Å². The summed E-state index contributed by atoms with van der Waals surface area (Å²) in [5, 5.41) is 2.71. The Hall–Kier alpha value is -1.40. The molecule has 0 saturated heterocycles. The molecule has 6 heteroatoms. The van der Waals surface area contributed by atoms with Crippen molar-refractivity contribution in [2.24, 2.45) is 5.92 Å². The summed E-state index contributed by atoms with van der Waals surface area (Å²) in [5.41, 5.74) is 2.41. The SMILES string of the molecule is CNS(=O)(=O)CCNC(=O)CC(c1ccc(C)cc1)C1CC1.